The molecule has 1 aromatic heterocycles. The zero-order valence-electron chi connectivity index (χ0n) is 9.86. The van der Waals surface area contributed by atoms with Crippen LogP contribution in [-0.2, 0) is 18.2 Å². The molecule has 1 unspecified atom stereocenters. The van der Waals surface area contributed by atoms with Crippen LogP contribution in [0.4, 0.5) is 0 Å². The lowest BCUT2D eigenvalue weighted by atomic mass is 10.2. The maximum atomic E-state index is 5.07. The van der Waals surface area contributed by atoms with Crippen molar-refractivity contribution in [1.82, 2.24) is 15.1 Å². The Hall–Kier alpha value is -0.870. The summed E-state index contributed by atoms with van der Waals surface area (Å²) < 4.78 is 6.99. The first-order valence-corrected chi connectivity index (χ1v) is 5.40. The maximum Gasteiger partial charge on any atom is 0.0499 e. The monoisotopic (exact) mass is 211 g/mol. The quantitative estimate of drug-likeness (QED) is 0.679. The highest BCUT2D eigenvalue weighted by molar-refractivity contribution is 5.00. The highest BCUT2D eigenvalue weighted by Crippen LogP contribution is 1.97. The molecule has 86 valence electrons. The number of ether oxygens (including phenoxy) is 1. The molecule has 1 N–H and O–H groups in total. The lowest BCUT2D eigenvalue weighted by Gasteiger charge is -2.11. The molecule has 0 aromatic carbocycles. The predicted molar refractivity (Wildman–Crippen MR) is 60.8 cm³/mol. The van der Waals surface area contributed by atoms with Gasteiger partial charge in [-0.2, -0.15) is 5.10 Å². The van der Waals surface area contributed by atoms with Crippen molar-refractivity contribution in [2.24, 2.45) is 13.0 Å². The second kappa shape index (κ2) is 6.58. The van der Waals surface area contributed by atoms with Crippen LogP contribution in [0.5, 0.6) is 0 Å². The summed E-state index contributed by atoms with van der Waals surface area (Å²) in [6.45, 7) is 5.00. The van der Waals surface area contributed by atoms with Gasteiger partial charge < -0.3 is 10.1 Å². The van der Waals surface area contributed by atoms with Crippen LogP contribution in [0.2, 0.25) is 0 Å². The van der Waals surface area contributed by atoms with Gasteiger partial charge in [-0.25, -0.2) is 0 Å². The molecule has 0 aliphatic rings. The van der Waals surface area contributed by atoms with Gasteiger partial charge in [-0.3, -0.25) is 4.68 Å². The van der Waals surface area contributed by atoms with Gasteiger partial charge in [-0.15, -0.1) is 0 Å². The molecule has 0 amide bonds. The first kappa shape index (κ1) is 12.2. The summed E-state index contributed by atoms with van der Waals surface area (Å²) in [5.41, 5.74) is 1.27. The molecule has 1 heterocycles. The third-order valence-electron chi connectivity index (χ3n) is 2.42. The molecule has 1 rings (SSSR count). The number of hydrogen-bond acceptors (Lipinski definition) is 3. The SMILES string of the molecule is COCC(C)CNCCc1ccnn1C. The zero-order chi connectivity index (χ0) is 11.1. The molecule has 0 saturated heterocycles. The predicted octanol–water partition coefficient (Wildman–Crippen LogP) is 0.835. The van der Waals surface area contributed by atoms with Crippen molar-refractivity contribution in [3.8, 4) is 0 Å². The number of hydrogen-bond donors (Lipinski definition) is 1. The minimum atomic E-state index is 0.571. The van der Waals surface area contributed by atoms with E-state index in [0.29, 0.717) is 5.92 Å². The van der Waals surface area contributed by atoms with Gasteiger partial charge in [0.2, 0.25) is 0 Å². The van der Waals surface area contributed by atoms with Crippen LogP contribution >= 0.6 is 0 Å². The van der Waals surface area contributed by atoms with Gasteiger partial charge in [0.25, 0.3) is 0 Å². The van der Waals surface area contributed by atoms with Crippen LogP contribution in [0.3, 0.4) is 0 Å². The number of rotatable bonds is 7. The lowest BCUT2D eigenvalue weighted by Crippen LogP contribution is -2.26. The average molecular weight is 211 g/mol. The number of nitrogens with one attached hydrogen (secondary N) is 1. The minimum Gasteiger partial charge on any atom is -0.384 e. The van der Waals surface area contributed by atoms with E-state index in [-0.39, 0.29) is 0 Å². The second-order valence-corrected chi connectivity index (χ2v) is 3.96. The molecule has 0 radical (unpaired) electrons. The Morgan fingerprint density at radius 2 is 2.40 bits per heavy atom. The van der Waals surface area contributed by atoms with E-state index in [4.69, 9.17) is 4.74 Å². The minimum absolute atomic E-state index is 0.571. The number of aryl methyl sites for hydroxylation is 1. The highest BCUT2D eigenvalue weighted by Gasteiger charge is 2.01. The van der Waals surface area contributed by atoms with E-state index < -0.39 is 0 Å². The van der Waals surface area contributed by atoms with Crippen molar-refractivity contribution in [2.45, 2.75) is 13.3 Å². The van der Waals surface area contributed by atoms with E-state index in [1.54, 1.807) is 7.11 Å². The van der Waals surface area contributed by atoms with Crippen LogP contribution in [0.25, 0.3) is 0 Å². The summed E-state index contributed by atoms with van der Waals surface area (Å²) in [4.78, 5) is 0. The molecule has 1 atom stereocenters. The van der Waals surface area contributed by atoms with Crippen LogP contribution in [0, 0.1) is 5.92 Å². The van der Waals surface area contributed by atoms with Crippen molar-refractivity contribution in [1.29, 1.82) is 0 Å². The molecule has 0 fully saturated rings. The van der Waals surface area contributed by atoms with Crippen LogP contribution in [0.1, 0.15) is 12.6 Å². The second-order valence-electron chi connectivity index (χ2n) is 3.96. The molecule has 1 aromatic rings. The number of nitrogens with zero attached hydrogens (tertiary/aromatic N) is 2. The molecular formula is C11H21N3O. The van der Waals surface area contributed by atoms with Gasteiger partial charge in [0.1, 0.15) is 0 Å². The van der Waals surface area contributed by atoms with Crippen molar-refractivity contribution >= 4 is 0 Å². The molecule has 15 heavy (non-hydrogen) atoms. The van der Waals surface area contributed by atoms with Gasteiger partial charge in [0.05, 0.1) is 0 Å². The lowest BCUT2D eigenvalue weighted by molar-refractivity contribution is 0.158. The third-order valence-corrected chi connectivity index (χ3v) is 2.42. The van der Waals surface area contributed by atoms with Crippen molar-refractivity contribution in [2.75, 3.05) is 26.8 Å². The molecule has 0 bridgehead atoms. The molecule has 0 saturated carbocycles. The smallest absolute Gasteiger partial charge is 0.0499 e. The van der Waals surface area contributed by atoms with Crippen LogP contribution < -0.4 is 5.32 Å². The van der Waals surface area contributed by atoms with E-state index in [1.807, 2.05) is 17.9 Å². The van der Waals surface area contributed by atoms with E-state index in [0.717, 1.165) is 26.1 Å². The van der Waals surface area contributed by atoms with Gasteiger partial charge in [-0.1, -0.05) is 6.92 Å². The fourth-order valence-electron chi connectivity index (χ4n) is 1.55. The Morgan fingerprint density at radius 3 is 3.00 bits per heavy atom. The summed E-state index contributed by atoms with van der Waals surface area (Å²) in [7, 11) is 3.72. The van der Waals surface area contributed by atoms with E-state index in [2.05, 4.69) is 23.4 Å². The summed E-state index contributed by atoms with van der Waals surface area (Å²) >= 11 is 0. The van der Waals surface area contributed by atoms with Crippen molar-refractivity contribution < 1.29 is 4.74 Å². The molecule has 4 heteroatoms. The van der Waals surface area contributed by atoms with E-state index in [9.17, 15) is 0 Å². The Labute approximate surface area is 91.6 Å². The van der Waals surface area contributed by atoms with E-state index in [1.165, 1.54) is 5.69 Å². The number of methoxy groups -OCH3 is 1. The summed E-state index contributed by atoms with van der Waals surface area (Å²) in [5, 5.41) is 7.54. The van der Waals surface area contributed by atoms with Crippen LogP contribution in [0.15, 0.2) is 12.3 Å². The third kappa shape index (κ3) is 4.44. The normalized spacial score (nSPS) is 13.0. The molecular weight excluding hydrogens is 190 g/mol. The topological polar surface area (TPSA) is 39.1 Å². The Balaban J connectivity index is 2.09. The fraction of sp³-hybridized carbons (Fsp3) is 0.727. The van der Waals surface area contributed by atoms with Gasteiger partial charge in [0.15, 0.2) is 0 Å². The maximum absolute atomic E-state index is 5.07. The Kier molecular flexibility index (Phi) is 5.36. The standard InChI is InChI=1S/C11H21N3O/c1-10(9-15-3)8-12-6-4-11-5-7-13-14(11)2/h5,7,10,12H,4,6,8-9H2,1-3H3. The summed E-state index contributed by atoms with van der Waals surface area (Å²) in [5.74, 6) is 0.571. The molecule has 0 aliphatic carbocycles. The molecule has 4 nitrogen and oxygen atoms in total. The Morgan fingerprint density at radius 1 is 1.60 bits per heavy atom. The average Bonchev–Trinajstić information content (AvgIpc) is 2.60. The van der Waals surface area contributed by atoms with Crippen molar-refractivity contribution in [3.05, 3.63) is 18.0 Å². The Bertz CT molecular complexity index is 273. The van der Waals surface area contributed by atoms with Gasteiger partial charge in [-0.05, 0) is 18.5 Å². The van der Waals surface area contributed by atoms with Gasteiger partial charge >= 0.3 is 0 Å². The fourth-order valence-corrected chi connectivity index (χ4v) is 1.55. The first-order valence-electron chi connectivity index (χ1n) is 5.40. The molecule has 0 spiro atoms. The highest BCUT2D eigenvalue weighted by atomic mass is 16.5. The molecule has 0 aliphatic heterocycles. The van der Waals surface area contributed by atoms with Gasteiger partial charge in [0, 0.05) is 45.6 Å². The van der Waals surface area contributed by atoms with Crippen molar-refractivity contribution in [3.63, 3.8) is 0 Å². The largest absolute Gasteiger partial charge is 0.384 e. The zero-order valence-corrected chi connectivity index (χ0v) is 9.86. The van der Waals surface area contributed by atoms with Crippen LogP contribution in [-0.4, -0.2) is 36.6 Å². The summed E-state index contributed by atoms with van der Waals surface area (Å²) in [6.07, 6.45) is 2.86. The summed E-state index contributed by atoms with van der Waals surface area (Å²) in [6, 6.07) is 2.06. The van der Waals surface area contributed by atoms with E-state index >= 15 is 0 Å². The number of aromatic nitrogens is 2. The first-order chi connectivity index (χ1) is 7.24.